The molecule has 0 aliphatic carbocycles. The Labute approximate surface area is 365 Å². The molecule has 1 aromatic heterocycles. The molecule has 13 N–H and O–H groups in total. The van der Waals surface area contributed by atoms with Gasteiger partial charge in [0.25, 0.3) is 0 Å². The smallest absolute Gasteiger partial charge is 0.330 e. The summed E-state index contributed by atoms with van der Waals surface area (Å²) in [6, 6.07) is 11.0. The highest BCUT2D eigenvalue weighted by molar-refractivity contribution is 5.89. The van der Waals surface area contributed by atoms with Crippen molar-refractivity contribution in [1.29, 1.82) is 0 Å². The van der Waals surface area contributed by atoms with Crippen LogP contribution in [0.15, 0.2) is 69.9 Å². The topological polar surface area (TPSA) is 375 Å². The molecular weight excluding hydrogens is 872 g/mol. The molecule has 3 aliphatic rings. The largest absolute Gasteiger partial charge is 0.508 e. The van der Waals surface area contributed by atoms with Gasteiger partial charge in [0.15, 0.2) is 23.5 Å². The Kier molecular flexibility index (Phi) is 14.2. The van der Waals surface area contributed by atoms with Crippen LogP contribution in [-0.2, 0) is 28.5 Å². The van der Waals surface area contributed by atoms with Crippen LogP contribution >= 0.6 is 0 Å². The Bertz CT molecular complexity index is 2400. The fourth-order valence-electron chi connectivity index (χ4n) is 7.14. The van der Waals surface area contributed by atoms with E-state index in [1.807, 2.05) is 0 Å². The van der Waals surface area contributed by atoms with Gasteiger partial charge < -0.3 is 104 Å². The molecule has 0 bridgehead atoms. The number of carbonyl (C=O) groups is 1. The third-order valence-corrected chi connectivity index (χ3v) is 10.9. The summed E-state index contributed by atoms with van der Waals surface area (Å²) in [6.07, 6.45) is -23.8. The number of aliphatic hydroxyl groups is 9. The number of aromatic hydroxyl groups is 4. The molecular formula is C42H46O23. The number of fused-ring (bicyclic) bond motifs is 1. The summed E-state index contributed by atoms with van der Waals surface area (Å²) < 4.78 is 44.9. The van der Waals surface area contributed by atoms with Gasteiger partial charge in [-0.3, -0.25) is 4.79 Å². The normalized spacial score (nSPS) is 32.9. The Balaban J connectivity index is 1.10. The lowest BCUT2D eigenvalue weighted by atomic mass is 9.98. The summed E-state index contributed by atoms with van der Waals surface area (Å²) in [4.78, 5) is 26.6. The van der Waals surface area contributed by atoms with Gasteiger partial charge in [-0.2, -0.15) is 0 Å². The molecule has 4 aromatic rings. The van der Waals surface area contributed by atoms with Gasteiger partial charge in [-0.25, -0.2) is 4.79 Å². The van der Waals surface area contributed by atoms with Gasteiger partial charge in [0.1, 0.15) is 102 Å². The Morgan fingerprint density at radius 3 is 1.89 bits per heavy atom. The van der Waals surface area contributed by atoms with E-state index in [-0.39, 0.29) is 17.1 Å². The standard InChI is InChI=1S/C42H46O23/c1-15-28(48)32(52)36(56)41(60-15)61-19-11-22(46)27-23(12-19)62-38(17-5-8-20(44)21(45)10-17)39(31(27)51)65-42-37(57)34(54)30(50)25(64-42)14-59-40-35(55)33(53)29(49)24(63-40)13-58-26(47)9-4-16-2-6-18(43)7-3-16/h2-12,15,24-25,28-30,32-37,40-46,48-50,52-57H,13-14H2,1H3. The number of carbonyl (C=O) groups excluding carboxylic acids is 1. The molecule has 0 amide bonds. The highest BCUT2D eigenvalue weighted by Gasteiger charge is 2.49. The van der Waals surface area contributed by atoms with E-state index in [0.717, 1.165) is 30.3 Å². The predicted octanol–water partition coefficient (Wildman–Crippen LogP) is -2.24. The van der Waals surface area contributed by atoms with Crippen molar-refractivity contribution in [2.45, 2.75) is 99.0 Å². The van der Waals surface area contributed by atoms with E-state index in [0.29, 0.717) is 5.56 Å². The highest BCUT2D eigenvalue weighted by atomic mass is 16.7. The molecule has 23 heteroatoms. The maximum atomic E-state index is 14.2. The number of hydrogen-bond donors (Lipinski definition) is 13. The van der Waals surface area contributed by atoms with Gasteiger partial charge in [-0.05, 0) is 48.9 Å². The molecule has 0 spiro atoms. The summed E-state index contributed by atoms with van der Waals surface area (Å²) >= 11 is 0. The first kappa shape index (κ1) is 47.3. The molecule has 0 radical (unpaired) electrons. The first-order chi connectivity index (χ1) is 30.8. The minimum atomic E-state index is -2.12. The third-order valence-electron chi connectivity index (χ3n) is 10.9. The first-order valence-corrected chi connectivity index (χ1v) is 19.9. The Morgan fingerprint density at radius 1 is 0.631 bits per heavy atom. The van der Waals surface area contributed by atoms with Gasteiger partial charge >= 0.3 is 5.97 Å². The molecule has 3 fully saturated rings. The van der Waals surface area contributed by atoms with Crippen molar-refractivity contribution in [2.75, 3.05) is 13.2 Å². The van der Waals surface area contributed by atoms with E-state index in [2.05, 4.69) is 0 Å². The molecule has 15 atom stereocenters. The highest BCUT2D eigenvalue weighted by Crippen LogP contribution is 2.40. The second-order valence-electron chi connectivity index (χ2n) is 15.4. The number of rotatable bonds is 12. The van der Waals surface area contributed by atoms with E-state index >= 15 is 0 Å². The van der Waals surface area contributed by atoms with E-state index < -0.39 is 156 Å². The van der Waals surface area contributed by atoms with E-state index in [9.17, 15) is 76.0 Å². The van der Waals surface area contributed by atoms with E-state index in [1.54, 1.807) is 0 Å². The summed E-state index contributed by atoms with van der Waals surface area (Å²) in [7, 11) is 0. The number of benzene rings is 3. The van der Waals surface area contributed by atoms with Crippen molar-refractivity contribution in [3.05, 3.63) is 76.5 Å². The zero-order valence-electron chi connectivity index (χ0n) is 33.8. The zero-order chi connectivity index (χ0) is 47.0. The number of phenols is 4. The third kappa shape index (κ3) is 9.97. The van der Waals surface area contributed by atoms with Crippen molar-refractivity contribution in [1.82, 2.24) is 0 Å². The SMILES string of the molecule is CC1OC(Oc2cc(O)c3c(=O)c(OC4OC(COC5OC(COC(=O)C=Cc6ccc(O)cc6)C(O)C(O)C5O)C(O)C(O)C4O)c(-c4ccc(O)c(O)c4)oc3c2)C(O)C(O)C1O. The maximum absolute atomic E-state index is 14.2. The number of ether oxygens (including phenoxy) is 7. The molecule has 15 unspecified atom stereocenters. The second-order valence-corrected chi connectivity index (χ2v) is 15.4. The fourth-order valence-corrected chi connectivity index (χ4v) is 7.14. The number of phenolic OH excluding ortho intramolecular Hbond substituents is 4. The fraction of sp³-hybridized carbons (Fsp3) is 0.429. The number of aliphatic hydroxyl groups excluding tert-OH is 9. The molecule has 352 valence electrons. The van der Waals surface area contributed by atoms with E-state index in [1.165, 1.54) is 43.3 Å². The van der Waals surface area contributed by atoms with Crippen molar-refractivity contribution in [3.8, 4) is 45.8 Å². The van der Waals surface area contributed by atoms with Crippen LogP contribution in [0.4, 0.5) is 0 Å². The lowest BCUT2D eigenvalue weighted by molar-refractivity contribution is -0.323. The van der Waals surface area contributed by atoms with Crippen LogP contribution in [-0.4, -0.2) is 178 Å². The number of esters is 1. The summed E-state index contributed by atoms with van der Waals surface area (Å²) in [5.74, 6) is -4.52. The molecule has 3 aromatic carbocycles. The van der Waals surface area contributed by atoms with Crippen LogP contribution in [0.3, 0.4) is 0 Å². The van der Waals surface area contributed by atoms with Crippen LogP contribution in [0, 0.1) is 0 Å². The van der Waals surface area contributed by atoms with Crippen molar-refractivity contribution >= 4 is 23.0 Å². The summed E-state index contributed by atoms with van der Waals surface area (Å²) in [6.45, 7) is -0.0256. The minimum Gasteiger partial charge on any atom is -0.508 e. The maximum Gasteiger partial charge on any atom is 0.330 e. The Morgan fingerprint density at radius 2 is 1.23 bits per heavy atom. The lowest BCUT2D eigenvalue weighted by Gasteiger charge is -2.42. The van der Waals surface area contributed by atoms with Crippen molar-refractivity contribution in [2.24, 2.45) is 0 Å². The van der Waals surface area contributed by atoms with Crippen LogP contribution in [0.5, 0.6) is 34.5 Å². The van der Waals surface area contributed by atoms with Gasteiger partial charge in [0, 0.05) is 23.8 Å². The zero-order valence-corrected chi connectivity index (χ0v) is 33.8. The monoisotopic (exact) mass is 918 g/mol. The first-order valence-electron chi connectivity index (χ1n) is 19.9. The number of hydrogen-bond acceptors (Lipinski definition) is 23. The molecule has 0 saturated carbocycles. The van der Waals surface area contributed by atoms with Gasteiger partial charge in [-0.1, -0.05) is 12.1 Å². The van der Waals surface area contributed by atoms with Crippen LogP contribution < -0.4 is 14.9 Å². The molecule has 3 saturated heterocycles. The van der Waals surface area contributed by atoms with Crippen LogP contribution in [0.2, 0.25) is 0 Å². The summed E-state index contributed by atoms with van der Waals surface area (Å²) in [5, 5.41) is 136. The molecule has 65 heavy (non-hydrogen) atoms. The summed E-state index contributed by atoms with van der Waals surface area (Å²) in [5.41, 5.74) is -1.13. The molecule has 4 heterocycles. The second kappa shape index (κ2) is 19.4. The Hall–Kier alpha value is -5.64. The molecule has 7 rings (SSSR count). The average Bonchev–Trinajstić information content (AvgIpc) is 3.27. The van der Waals surface area contributed by atoms with Gasteiger partial charge in [-0.15, -0.1) is 0 Å². The minimum absolute atomic E-state index is 0.0114. The predicted molar refractivity (Wildman–Crippen MR) is 214 cm³/mol. The van der Waals surface area contributed by atoms with Crippen molar-refractivity contribution < 1.29 is 109 Å². The van der Waals surface area contributed by atoms with Crippen LogP contribution in [0.25, 0.3) is 28.4 Å². The van der Waals surface area contributed by atoms with Crippen LogP contribution in [0.1, 0.15) is 12.5 Å². The molecule has 3 aliphatic heterocycles. The molecule has 23 nitrogen and oxygen atoms in total. The van der Waals surface area contributed by atoms with Gasteiger partial charge in [0.05, 0.1) is 12.7 Å². The quantitative estimate of drug-likeness (QED) is 0.0406. The van der Waals surface area contributed by atoms with Crippen molar-refractivity contribution in [3.63, 3.8) is 0 Å². The average molecular weight is 919 g/mol. The lowest BCUT2D eigenvalue weighted by Crippen LogP contribution is -2.62. The van der Waals surface area contributed by atoms with Gasteiger partial charge in [0.2, 0.25) is 23.8 Å². The van der Waals surface area contributed by atoms with E-state index in [4.69, 9.17) is 37.6 Å².